The molecule has 1 aliphatic rings. The van der Waals surface area contributed by atoms with Crippen LogP contribution in [0, 0.1) is 0 Å². The molecule has 0 bridgehead atoms. The fourth-order valence-electron chi connectivity index (χ4n) is 2.73. The van der Waals surface area contributed by atoms with Crippen LogP contribution in [0.25, 0.3) is 0 Å². The fourth-order valence-corrected chi connectivity index (χ4v) is 5.81. The quantitative estimate of drug-likeness (QED) is 0.672. The molecule has 1 aromatic rings. The number of amides is 1. The molecule has 1 fully saturated rings. The third-order valence-electron chi connectivity index (χ3n) is 4.04. The molecule has 0 aromatic heterocycles. The van der Waals surface area contributed by atoms with Gasteiger partial charge < -0.3 is 10.1 Å². The van der Waals surface area contributed by atoms with Gasteiger partial charge in [-0.2, -0.15) is 4.31 Å². The van der Waals surface area contributed by atoms with Crippen LogP contribution in [0.2, 0.25) is 0 Å². The number of sulfonamides is 1. The highest BCUT2D eigenvalue weighted by molar-refractivity contribution is 7.91. The molecule has 26 heavy (non-hydrogen) atoms. The number of ether oxygens (including phenoxy) is 1. The highest BCUT2D eigenvalue weighted by Gasteiger charge is 2.31. The molecule has 1 aromatic carbocycles. The van der Waals surface area contributed by atoms with Gasteiger partial charge in [-0.25, -0.2) is 16.8 Å². The van der Waals surface area contributed by atoms with Gasteiger partial charge in [0, 0.05) is 12.6 Å². The number of likely N-dealkylation sites (N-methyl/N-ethyl adjacent to an activating group) is 1. The van der Waals surface area contributed by atoms with Crippen molar-refractivity contribution in [2.45, 2.75) is 31.2 Å². The van der Waals surface area contributed by atoms with Crippen LogP contribution in [-0.4, -0.2) is 64.3 Å². The molecule has 1 heterocycles. The number of rotatable bonds is 8. The van der Waals surface area contributed by atoms with Gasteiger partial charge in [0.2, 0.25) is 15.9 Å². The predicted octanol–water partition coefficient (Wildman–Crippen LogP) is 0.399. The number of hydrogen-bond donors (Lipinski definition) is 1. The van der Waals surface area contributed by atoms with Crippen LogP contribution in [0.1, 0.15) is 20.3 Å². The zero-order valence-electron chi connectivity index (χ0n) is 14.8. The maximum absolute atomic E-state index is 12.7. The number of carbonyl (C=O) groups excluding carboxylic acids is 1. The summed E-state index contributed by atoms with van der Waals surface area (Å²) in [6.07, 6.45) is 0.353. The molecule has 0 aliphatic carbocycles. The van der Waals surface area contributed by atoms with Crippen molar-refractivity contribution in [3.05, 3.63) is 24.3 Å². The van der Waals surface area contributed by atoms with E-state index in [1.54, 1.807) is 19.1 Å². The van der Waals surface area contributed by atoms with Gasteiger partial charge in [-0.1, -0.05) is 6.92 Å². The first-order chi connectivity index (χ1) is 12.2. The van der Waals surface area contributed by atoms with E-state index in [-0.39, 0.29) is 29.5 Å². The van der Waals surface area contributed by atoms with E-state index in [4.69, 9.17) is 4.74 Å². The van der Waals surface area contributed by atoms with Crippen LogP contribution in [0.3, 0.4) is 0 Å². The second-order valence-corrected chi connectivity index (χ2v) is 10.2. The van der Waals surface area contributed by atoms with Gasteiger partial charge in [0.25, 0.3) is 0 Å². The second-order valence-electron chi connectivity index (χ2n) is 6.00. The molecule has 0 saturated carbocycles. The average Bonchev–Trinajstić information content (AvgIpc) is 2.91. The lowest BCUT2D eigenvalue weighted by Gasteiger charge is -2.21. The molecule has 0 radical (unpaired) electrons. The van der Waals surface area contributed by atoms with Gasteiger partial charge >= 0.3 is 0 Å². The molecule has 146 valence electrons. The normalized spacial score (nSPS) is 19.4. The first kappa shape index (κ1) is 20.7. The van der Waals surface area contributed by atoms with Crippen molar-refractivity contribution < 1.29 is 26.4 Å². The summed E-state index contributed by atoms with van der Waals surface area (Å²) in [6.45, 7) is 3.70. The number of sulfone groups is 1. The minimum atomic E-state index is -3.84. The Morgan fingerprint density at radius 1 is 1.27 bits per heavy atom. The minimum absolute atomic E-state index is 0.0416. The van der Waals surface area contributed by atoms with E-state index in [0.717, 1.165) is 4.31 Å². The van der Waals surface area contributed by atoms with Crippen molar-refractivity contribution in [1.82, 2.24) is 9.62 Å². The highest BCUT2D eigenvalue weighted by atomic mass is 32.2. The number of hydrogen-bond acceptors (Lipinski definition) is 6. The van der Waals surface area contributed by atoms with Crippen LogP contribution >= 0.6 is 0 Å². The summed E-state index contributed by atoms with van der Waals surface area (Å²) in [6, 6.07) is 5.54. The smallest absolute Gasteiger partial charge is 0.243 e. The monoisotopic (exact) mass is 404 g/mol. The van der Waals surface area contributed by atoms with Gasteiger partial charge in [-0.3, -0.25) is 4.79 Å². The van der Waals surface area contributed by atoms with Crippen LogP contribution in [0.15, 0.2) is 29.2 Å². The van der Waals surface area contributed by atoms with Gasteiger partial charge in [-0.05, 0) is 37.6 Å². The molecule has 1 N–H and O–H groups in total. The van der Waals surface area contributed by atoms with Gasteiger partial charge in [-0.15, -0.1) is 0 Å². The zero-order chi connectivity index (χ0) is 19.4. The molecule has 2 rings (SSSR count). The maximum Gasteiger partial charge on any atom is 0.243 e. The molecule has 0 spiro atoms. The number of benzene rings is 1. The lowest BCUT2D eigenvalue weighted by atomic mass is 10.2. The van der Waals surface area contributed by atoms with E-state index in [0.29, 0.717) is 18.8 Å². The third-order valence-corrected chi connectivity index (χ3v) is 7.75. The topological polar surface area (TPSA) is 110 Å². The number of nitrogens with zero attached hydrogens (tertiary/aromatic N) is 1. The van der Waals surface area contributed by atoms with E-state index < -0.39 is 31.8 Å². The van der Waals surface area contributed by atoms with E-state index >= 15 is 0 Å². The first-order valence-corrected chi connectivity index (χ1v) is 11.7. The van der Waals surface area contributed by atoms with Crippen molar-refractivity contribution >= 4 is 25.8 Å². The summed E-state index contributed by atoms with van der Waals surface area (Å²) >= 11 is 0. The number of nitrogens with one attached hydrogen (secondary N) is 1. The Morgan fingerprint density at radius 2 is 1.92 bits per heavy atom. The van der Waals surface area contributed by atoms with Crippen molar-refractivity contribution in [2.24, 2.45) is 0 Å². The SMILES string of the molecule is CCOc1ccc(S(=O)(=O)N(CC)CC(=O)N[C@H]2CCS(=O)(=O)C2)cc1. The molecule has 0 unspecified atom stereocenters. The standard InChI is InChI=1S/C16H24N2O6S2/c1-3-18(11-16(19)17-13-9-10-25(20,21)12-13)26(22,23)15-7-5-14(6-8-15)24-4-2/h5-8,13H,3-4,9-12H2,1-2H3,(H,17,19)/t13-/m0/s1. The predicted molar refractivity (Wildman–Crippen MR) is 97.2 cm³/mol. The molecule has 1 aliphatic heterocycles. The lowest BCUT2D eigenvalue weighted by Crippen LogP contribution is -2.44. The van der Waals surface area contributed by atoms with E-state index in [1.165, 1.54) is 12.1 Å². The summed E-state index contributed by atoms with van der Waals surface area (Å²) in [5, 5.41) is 2.60. The van der Waals surface area contributed by atoms with Crippen LogP contribution in [0.5, 0.6) is 5.75 Å². The van der Waals surface area contributed by atoms with Crippen LogP contribution < -0.4 is 10.1 Å². The summed E-state index contributed by atoms with van der Waals surface area (Å²) in [4.78, 5) is 12.2. The van der Waals surface area contributed by atoms with Crippen molar-refractivity contribution in [3.8, 4) is 5.75 Å². The Morgan fingerprint density at radius 3 is 2.42 bits per heavy atom. The second kappa shape index (κ2) is 8.36. The zero-order valence-corrected chi connectivity index (χ0v) is 16.5. The van der Waals surface area contributed by atoms with E-state index in [1.807, 2.05) is 6.92 Å². The molecule has 1 atom stereocenters. The van der Waals surface area contributed by atoms with E-state index in [2.05, 4.69) is 5.32 Å². The van der Waals surface area contributed by atoms with Crippen molar-refractivity contribution in [1.29, 1.82) is 0 Å². The van der Waals surface area contributed by atoms with Crippen LogP contribution in [-0.2, 0) is 24.7 Å². The van der Waals surface area contributed by atoms with E-state index in [9.17, 15) is 21.6 Å². The summed E-state index contributed by atoms with van der Waals surface area (Å²) in [5.41, 5.74) is 0. The Hall–Kier alpha value is -1.65. The summed E-state index contributed by atoms with van der Waals surface area (Å²) < 4.78 is 54.7. The van der Waals surface area contributed by atoms with Gasteiger partial charge in [0.1, 0.15) is 5.75 Å². The van der Waals surface area contributed by atoms with Crippen molar-refractivity contribution in [3.63, 3.8) is 0 Å². The summed E-state index contributed by atoms with van der Waals surface area (Å²) in [5.74, 6) is -0.00527. The average molecular weight is 405 g/mol. The summed E-state index contributed by atoms with van der Waals surface area (Å²) in [7, 11) is -6.95. The molecule has 8 nitrogen and oxygen atoms in total. The molecular formula is C16H24N2O6S2. The Kier molecular flexibility index (Phi) is 6.64. The highest BCUT2D eigenvalue weighted by Crippen LogP contribution is 2.19. The Balaban J connectivity index is 2.05. The van der Waals surface area contributed by atoms with Crippen LogP contribution in [0.4, 0.5) is 0 Å². The molecule has 1 amide bonds. The number of carbonyl (C=O) groups is 1. The first-order valence-electron chi connectivity index (χ1n) is 8.40. The third kappa shape index (κ3) is 5.18. The molecule has 10 heteroatoms. The molecular weight excluding hydrogens is 380 g/mol. The van der Waals surface area contributed by atoms with Gasteiger partial charge in [0.05, 0.1) is 29.6 Å². The minimum Gasteiger partial charge on any atom is -0.494 e. The van der Waals surface area contributed by atoms with Gasteiger partial charge in [0.15, 0.2) is 9.84 Å². The Bertz CT molecular complexity index is 834. The van der Waals surface area contributed by atoms with Crippen molar-refractivity contribution in [2.75, 3.05) is 31.2 Å². The Labute approximate surface area is 154 Å². The maximum atomic E-state index is 12.7. The lowest BCUT2D eigenvalue weighted by molar-refractivity contribution is -0.121. The largest absolute Gasteiger partial charge is 0.494 e. The molecule has 1 saturated heterocycles. The fraction of sp³-hybridized carbons (Fsp3) is 0.562.